The summed E-state index contributed by atoms with van der Waals surface area (Å²) in [6.07, 6.45) is 8.08. The molecule has 0 radical (unpaired) electrons. The summed E-state index contributed by atoms with van der Waals surface area (Å²) >= 11 is 0. The van der Waals surface area contributed by atoms with Crippen LogP contribution in [-0.4, -0.2) is 17.4 Å². The Morgan fingerprint density at radius 1 is 1.42 bits per heavy atom. The summed E-state index contributed by atoms with van der Waals surface area (Å²) < 4.78 is 0. The molecular weight excluding hydrogens is 262 g/mol. The SMILES string of the molecule is CC1CCC(CNC(=O)c2cnccc2N)CC1.Cl. The first kappa shape index (κ1) is 15.8. The van der Waals surface area contributed by atoms with E-state index in [1.54, 1.807) is 12.3 Å². The third-order valence-corrected chi connectivity index (χ3v) is 3.79. The van der Waals surface area contributed by atoms with Gasteiger partial charge in [0.15, 0.2) is 0 Å². The van der Waals surface area contributed by atoms with E-state index < -0.39 is 0 Å². The summed E-state index contributed by atoms with van der Waals surface area (Å²) in [6.45, 7) is 3.05. The van der Waals surface area contributed by atoms with Gasteiger partial charge in [0, 0.05) is 24.6 Å². The fraction of sp³-hybridized carbons (Fsp3) is 0.571. The second-order valence-corrected chi connectivity index (χ2v) is 5.30. The van der Waals surface area contributed by atoms with Crippen molar-refractivity contribution in [2.24, 2.45) is 11.8 Å². The average Bonchev–Trinajstić information content (AvgIpc) is 2.38. The summed E-state index contributed by atoms with van der Waals surface area (Å²) in [5, 5.41) is 2.97. The highest BCUT2D eigenvalue weighted by atomic mass is 35.5. The largest absolute Gasteiger partial charge is 0.398 e. The van der Waals surface area contributed by atoms with Gasteiger partial charge in [0.25, 0.3) is 5.91 Å². The minimum Gasteiger partial charge on any atom is -0.398 e. The molecular formula is C14H22ClN3O. The number of nitrogens with zero attached hydrogens (tertiary/aromatic N) is 1. The number of hydrogen-bond donors (Lipinski definition) is 2. The summed E-state index contributed by atoms with van der Waals surface area (Å²) in [4.78, 5) is 15.9. The van der Waals surface area contributed by atoms with Crippen LogP contribution in [0.3, 0.4) is 0 Å². The molecule has 0 aliphatic heterocycles. The molecule has 19 heavy (non-hydrogen) atoms. The van der Waals surface area contributed by atoms with Gasteiger partial charge in [-0.05, 0) is 30.7 Å². The molecule has 0 atom stereocenters. The van der Waals surface area contributed by atoms with Crippen molar-refractivity contribution in [3.63, 3.8) is 0 Å². The van der Waals surface area contributed by atoms with Crippen molar-refractivity contribution in [3.05, 3.63) is 24.0 Å². The molecule has 2 rings (SSSR count). The van der Waals surface area contributed by atoms with Crippen molar-refractivity contribution in [3.8, 4) is 0 Å². The number of halogens is 1. The maximum Gasteiger partial charge on any atom is 0.254 e. The van der Waals surface area contributed by atoms with Gasteiger partial charge < -0.3 is 11.1 Å². The first-order valence-electron chi connectivity index (χ1n) is 6.64. The maximum absolute atomic E-state index is 11.9. The van der Waals surface area contributed by atoms with Gasteiger partial charge >= 0.3 is 0 Å². The molecule has 3 N–H and O–H groups in total. The summed E-state index contributed by atoms with van der Waals surface area (Å²) in [7, 11) is 0. The fourth-order valence-corrected chi connectivity index (χ4v) is 2.46. The average molecular weight is 284 g/mol. The van der Waals surface area contributed by atoms with Crippen LogP contribution in [-0.2, 0) is 0 Å². The van der Waals surface area contributed by atoms with E-state index in [0.717, 1.165) is 12.5 Å². The molecule has 1 saturated carbocycles. The number of nitrogens with two attached hydrogens (primary N) is 1. The normalized spacial score (nSPS) is 22.4. The first-order valence-corrected chi connectivity index (χ1v) is 6.64. The van der Waals surface area contributed by atoms with E-state index in [1.807, 2.05) is 0 Å². The zero-order valence-corrected chi connectivity index (χ0v) is 12.1. The lowest BCUT2D eigenvalue weighted by molar-refractivity contribution is 0.0942. The van der Waals surface area contributed by atoms with E-state index >= 15 is 0 Å². The molecule has 1 aromatic heterocycles. The van der Waals surface area contributed by atoms with Crippen LogP contribution in [0.1, 0.15) is 43.0 Å². The van der Waals surface area contributed by atoms with Gasteiger partial charge in [-0.25, -0.2) is 0 Å². The molecule has 0 unspecified atom stereocenters. The van der Waals surface area contributed by atoms with E-state index in [9.17, 15) is 4.79 Å². The van der Waals surface area contributed by atoms with E-state index in [-0.39, 0.29) is 18.3 Å². The van der Waals surface area contributed by atoms with E-state index in [1.165, 1.54) is 31.9 Å². The predicted molar refractivity (Wildman–Crippen MR) is 79.4 cm³/mol. The van der Waals surface area contributed by atoms with Crippen LogP contribution >= 0.6 is 12.4 Å². The van der Waals surface area contributed by atoms with Gasteiger partial charge in [-0.15, -0.1) is 12.4 Å². The molecule has 4 nitrogen and oxygen atoms in total. The van der Waals surface area contributed by atoms with Crippen molar-refractivity contribution in [2.45, 2.75) is 32.6 Å². The molecule has 0 aromatic carbocycles. The molecule has 1 aromatic rings. The molecule has 0 spiro atoms. The molecule has 1 amide bonds. The van der Waals surface area contributed by atoms with E-state index in [0.29, 0.717) is 17.2 Å². The molecule has 1 fully saturated rings. The number of hydrogen-bond acceptors (Lipinski definition) is 3. The second-order valence-electron chi connectivity index (χ2n) is 5.30. The number of nitrogens with one attached hydrogen (secondary N) is 1. The van der Waals surface area contributed by atoms with Crippen molar-refractivity contribution in [1.29, 1.82) is 0 Å². The standard InChI is InChI=1S/C14H21N3O.ClH/c1-10-2-4-11(5-3-10)8-17-14(18)12-9-16-7-6-13(12)15;/h6-7,9-11H,2-5,8H2,1H3,(H2,15,16)(H,17,18);1H. The molecule has 0 saturated heterocycles. The van der Waals surface area contributed by atoms with Gasteiger partial charge in [0.2, 0.25) is 0 Å². The van der Waals surface area contributed by atoms with Crippen LogP contribution in [0.5, 0.6) is 0 Å². The summed E-state index contributed by atoms with van der Waals surface area (Å²) in [5.41, 5.74) is 6.71. The Morgan fingerprint density at radius 2 is 2.11 bits per heavy atom. The Labute approximate surface area is 120 Å². The number of anilines is 1. The molecule has 1 aliphatic rings. The van der Waals surface area contributed by atoms with E-state index in [2.05, 4.69) is 17.2 Å². The number of rotatable bonds is 3. The third kappa shape index (κ3) is 4.39. The number of carbonyl (C=O) groups is 1. The minimum absolute atomic E-state index is 0. The van der Waals surface area contributed by atoms with Crippen LogP contribution in [0.15, 0.2) is 18.5 Å². The monoisotopic (exact) mass is 283 g/mol. The topological polar surface area (TPSA) is 68.0 Å². The maximum atomic E-state index is 11.9. The number of aromatic nitrogens is 1. The Balaban J connectivity index is 0.00000180. The molecule has 106 valence electrons. The van der Waals surface area contributed by atoms with Gasteiger partial charge in [0.05, 0.1) is 5.56 Å². The zero-order valence-electron chi connectivity index (χ0n) is 11.3. The highest BCUT2D eigenvalue weighted by Gasteiger charge is 2.19. The first-order chi connectivity index (χ1) is 8.66. The Kier molecular flexibility index (Phi) is 6.09. The Hall–Kier alpha value is -1.29. The Bertz CT molecular complexity index is 417. The lowest BCUT2D eigenvalue weighted by Crippen LogP contribution is -2.31. The van der Waals surface area contributed by atoms with Gasteiger partial charge in [-0.1, -0.05) is 19.8 Å². The molecule has 1 aliphatic carbocycles. The molecule has 5 heteroatoms. The minimum atomic E-state index is -0.112. The van der Waals surface area contributed by atoms with Gasteiger partial charge in [-0.2, -0.15) is 0 Å². The zero-order chi connectivity index (χ0) is 13.0. The van der Waals surface area contributed by atoms with Crippen molar-refractivity contribution in [2.75, 3.05) is 12.3 Å². The van der Waals surface area contributed by atoms with Crippen molar-refractivity contribution >= 4 is 24.0 Å². The number of nitrogen functional groups attached to an aromatic ring is 1. The lowest BCUT2D eigenvalue weighted by atomic mass is 9.83. The number of pyridine rings is 1. The second kappa shape index (κ2) is 7.34. The number of amides is 1. The van der Waals surface area contributed by atoms with Crippen LogP contribution in [0.25, 0.3) is 0 Å². The predicted octanol–water partition coefficient (Wildman–Crippen LogP) is 2.64. The van der Waals surface area contributed by atoms with E-state index in [4.69, 9.17) is 5.73 Å². The van der Waals surface area contributed by atoms with Crippen LogP contribution < -0.4 is 11.1 Å². The third-order valence-electron chi connectivity index (χ3n) is 3.79. The Morgan fingerprint density at radius 3 is 2.74 bits per heavy atom. The van der Waals surface area contributed by atoms with Crippen molar-refractivity contribution < 1.29 is 4.79 Å². The van der Waals surface area contributed by atoms with Crippen molar-refractivity contribution in [1.82, 2.24) is 10.3 Å². The summed E-state index contributed by atoms with van der Waals surface area (Å²) in [5.74, 6) is 1.34. The highest BCUT2D eigenvalue weighted by Crippen LogP contribution is 2.27. The molecule has 1 heterocycles. The highest BCUT2D eigenvalue weighted by molar-refractivity contribution is 5.98. The lowest BCUT2D eigenvalue weighted by Gasteiger charge is -2.26. The van der Waals surface area contributed by atoms with Gasteiger partial charge in [-0.3, -0.25) is 9.78 Å². The van der Waals surface area contributed by atoms with Crippen LogP contribution in [0.2, 0.25) is 0 Å². The molecule has 0 bridgehead atoms. The smallest absolute Gasteiger partial charge is 0.254 e. The van der Waals surface area contributed by atoms with Crippen LogP contribution in [0.4, 0.5) is 5.69 Å². The quantitative estimate of drug-likeness (QED) is 0.896. The fourth-order valence-electron chi connectivity index (χ4n) is 2.46. The summed E-state index contributed by atoms with van der Waals surface area (Å²) in [6, 6.07) is 1.65. The number of carbonyl (C=O) groups excluding carboxylic acids is 1. The van der Waals surface area contributed by atoms with Gasteiger partial charge in [0.1, 0.15) is 0 Å². The van der Waals surface area contributed by atoms with Crippen LogP contribution in [0, 0.1) is 11.8 Å².